The van der Waals surface area contributed by atoms with Gasteiger partial charge in [-0.1, -0.05) is 6.92 Å². The number of hydrogen-bond donors (Lipinski definition) is 3. The minimum Gasteiger partial charge on any atom is -0.389 e. The van der Waals surface area contributed by atoms with Crippen LogP contribution in [0, 0.1) is 0 Å². The second-order valence-electron chi connectivity index (χ2n) is 3.87. The summed E-state index contributed by atoms with van der Waals surface area (Å²) in [4.78, 5) is 0. The molecule has 1 saturated heterocycles. The maximum absolute atomic E-state index is 9.89. The van der Waals surface area contributed by atoms with Crippen LogP contribution in [-0.2, 0) is 9.47 Å². The van der Waals surface area contributed by atoms with Gasteiger partial charge < -0.3 is 25.0 Å². The Kier molecular flexibility index (Phi) is 4.95. The SMILES string of the molecule is CCC1OC(COC)C(O)C(O)C1NC. The van der Waals surface area contributed by atoms with Gasteiger partial charge in [-0.15, -0.1) is 0 Å². The van der Waals surface area contributed by atoms with Gasteiger partial charge in [0.2, 0.25) is 0 Å². The molecule has 15 heavy (non-hydrogen) atoms. The molecule has 3 N–H and O–H groups in total. The van der Waals surface area contributed by atoms with E-state index in [2.05, 4.69) is 5.32 Å². The number of hydrogen-bond acceptors (Lipinski definition) is 5. The van der Waals surface area contributed by atoms with Crippen LogP contribution in [0.5, 0.6) is 0 Å². The molecule has 0 aromatic heterocycles. The van der Waals surface area contributed by atoms with Crippen molar-refractivity contribution in [3.05, 3.63) is 0 Å². The van der Waals surface area contributed by atoms with Crippen LogP contribution in [-0.4, -0.2) is 61.4 Å². The molecule has 90 valence electrons. The molecule has 0 aromatic rings. The predicted octanol–water partition coefficient (Wildman–Crippen LogP) is -0.880. The number of aliphatic hydroxyl groups excluding tert-OH is 2. The molecular weight excluding hydrogens is 198 g/mol. The smallest absolute Gasteiger partial charge is 0.110 e. The molecule has 0 aliphatic carbocycles. The van der Waals surface area contributed by atoms with Crippen molar-refractivity contribution >= 4 is 0 Å². The molecule has 1 aliphatic heterocycles. The van der Waals surface area contributed by atoms with Crippen molar-refractivity contribution in [3.63, 3.8) is 0 Å². The third-order valence-electron chi connectivity index (χ3n) is 2.92. The van der Waals surface area contributed by atoms with Gasteiger partial charge in [-0.2, -0.15) is 0 Å². The molecule has 0 spiro atoms. The zero-order valence-electron chi connectivity index (χ0n) is 9.51. The third kappa shape index (κ3) is 2.68. The summed E-state index contributed by atoms with van der Waals surface area (Å²) in [5.74, 6) is 0. The minimum absolute atomic E-state index is 0.0893. The Bertz CT molecular complexity index is 186. The highest BCUT2D eigenvalue weighted by Gasteiger charge is 2.42. The summed E-state index contributed by atoms with van der Waals surface area (Å²) in [7, 11) is 3.30. The lowest BCUT2D eigenvalue weighted by Crippen LogP contribution is -2.62. The van der Waals surface area contributed by atoms with E-state index in [1.807, 2.05) is 6.92 Å². The first-order valence-electron chi connectivity index (χ1n) is 5.33. The average Bonchev–Trinajstić information content (AvgIpc) is 2.24. The van der Waals surface area contributed by atoms with Gasteiger partial charge in [0.15, 0.2) is 0 Å². The van der Waals surface area contributed by atoms with Crippen LogP contribution < -0.4 is 5.32 Å². The fourth-order valence-corrected chi connectivity index (χ4v) is 2.05. The number of aliphatic hydroxyl groups is 2. The minimum atomic E-state index is -0.898. The Labute approximate surface area is 90.4 Å². The van der Waals surface area contributed by atoms with Gasteiger partial charge >= 0.3 is 0 Å². The van der Waals surface area contributed by atoms with Crippen molar-refractivity contribution in [2.45, 2.75) is 43.8 Å². The molecule has 5 nitrogen and oxygen atoms in total. The standard InChI is InChI=1S/C10H21NO4/c1-4-6-8(11-2)10(13)9(12)7(15-6)5-14-3/h6-13H,4-5H2,1-3H3. The number of nitrogens with one attached hydrogen (secondary N) is 1. The van der Waals surface area contributed by atoms with Gasteiger partial charge in [-0.05, 0) is 13.5 Å². The quantitative estimate of drug-likeness (QED) is 0.573. The maximum atomic E-state index is 9.89. The van der Waals surface area contributed by atoms with Gasteiger partial charge in [0, 0.05) is 7.11 Å². The summed E-state index contributed by atoms with van der Waals surface area (Å²) < 4.78 is 10.6. The molecule has 1 aliphatic rings. The average molecular weight is 219 g/mol. The van der Waals surface area contributed by atoms with Crippen LogP contribution in [0.3, 0.4) is 0 Å². The summed E-state index contributed by atoms with van der Waals surface area (Å²) >= 11 is 0. The zero-order valence-corrected chi connectivity index (χ0v) is 9.51. The van der Waals surface area contributed by atoms with E-state index in [1.165, 1.54) is 0 Å². The normalized spacial score (nSPS) is 41.8. The van der Waals surface area contributed by atoms with Gasteiger partial charge in [0.1, 0.15) is 18.3 Å². The second kappa shape index (κ2) is 5.77. The monoisotopic (exact) mass is 219 g/mol. The van der Waals surface area contributed by atoms with Crippen molar-refractivity contribution in [2.75, 3.05) is 20.8 Å². The van der Waals surface area contributed by atoms with E-state index in [-0.39, 0.29) is 12.1 Å². The Balaban J connectivity index is 2.68. The van der Waals surface area contributed by atoms with Gasteiger partial charge in [0.05, 0.1) is 18.8 Å². The predicted molar refractivity (Wildman–Crippen MR) is 55.7 cm³/mol. The van der Waals surface area contributed by atoms with Crippen molar-refractivity contribution in [3.8, 4) is 0 Å². The highest BCUT2D eigenvalue weighted by molar-refractivity contribution is 4.95. The highest BCUT2D eigenvalue weighted by Crippen LogP contribution is 2.23. The lowest BCUT2D eigenvalue weighted by Gasteiger charge is -2.42. The lowest BCUT2D eigenvalue weighted by molar-refractivity contribution is -0.196. The summed E-state index contributed by atoms with van der Waals surface area (Å²) in [6.07, 6.45) is -1.46. The highest BCUT2D eigenvalue weighted by atomic mass is 16.6. The number of ether oxygens (including phenoxy) is 2. The van der Waals surface area contributed by atoms with Crippen LogP contribution in [0.1, 0.15) is 13.3 Å². The van der Waals surface area contributed by atoms with Crippen molar-refractivity contribution in [1.29, 1.82) is 0 Å². The Morgan fingerprint density at radius 3 is 2.40 bits per heavy atom. The Morgan fingerprint density at radius 1 is 1.27 bits per heavy atom. The van der Waals surface area contributed by atoms with Crippen LogP contribution in [0.2, 0.25) is 0 Å². The molecule has 0 radical (unpaired) electrons. The topological polar surface area (TPSA) is 71.0 Å². The fraction of sp³-hybridized carbons (Fsp3) is 1.00. The maximum Gasteiger partial charge on any atom is 0.110 e. The van der Waals surface area contributed by atoms with E-state index in [0.29, 0.717) is 6.61 Å². The molecule has 1 rings (SSSR count). The Morgan fingerprint density at radius 2 is 1.93 bits per heavy atom. The largest absolute Gasteiger partial charge is 0.389 e. The van der Waals surface area contributed by atoms with E-state index < -0.39 is 18.3 Å². The van der Waals surface area contributed by atoms with E-state index in [4.69, 9.17) is 9.47 Å². The summed E-state index contributed by atoms with van der Waals surface area (Å²) in [6, 6.07) is -0.224. The molecule has 5 heteroatoms. The van der Waals surface area contributed by atoms with Crippen molar-refractivity contribution in [2.24, 2.45) is 0 Å². The number of likely N-dealkylation sites (N-methyl/N-ethyl adjacent to an activating group) is 1. The number of methoxy groups -OCH3 is 1. The molecule has 5 atom stereocenters. The van der Waals surface area contributed by atoms with Gasteiger partial charge in [0.25, 0.3) is 0 Å². The molecule has 0 bridgehead atoms. The van der Waals surface area contributed by atoms with E-state index in [1.54, 1.807) is 14.2 Å². The molecule has 0 amide bonds. The second-order valence-corrected chi connectivity index (χ2v) is 3.87. The Hall–Kier alpha value is -0.200. The first-order chi connectivity index (χ1) is 7.15. The van der Waals surface area contributed by atoms with Crippen molar-refractivity contribution < 1.29 is 19.7 Å². The molecule has 1 heterocycles. The first-order valence-corrected chi connectivity index (χ1v) is 5.33. The van der Waals surface area contributed by atoms with E-state index in [0.717, 1.165) is 6.42 Å². The van der Waals surface area contributed by atoms with Crippen LogP contribution in [0.25, 0.3) is 0 Å². The fourth-order valence-electron chi connectivity index (χ4n) is 2.05. The van der Waals surface area contributed by atoms with Crippen LogP contribution in [0.4, 0.5) is 0 Å². The lowest BCUT2D eigenvalue weighted by atomic mass is 9.92. The molecular formula is C10H21NO4. The van der Waals surface area contributed by atoms with Gasteiger partial charge in [-0.3, -0.25) is 0 Å². The van der Waals surface area contributed by atoms with Crippen LogP contribution >= 0.6 is 0 Å². The molecule has 5 unspecified atom stereocenters. The van der Waals surface area contributed by atoms with Crippen molar-refractivity contribution in [1.82, 2.24) is 5.32 Å². The number of rotatable bonds is 4. The molecule has 0 saturated carbocycles. The summed E-state index contributed by atoms with van der Waals surface area (Å²) in [5.41, 5.74) is 0. The zero-order chi connectivity index (χ0) is 11.4. The van der Waals surface area contributed by atoms with Gasteiger partial charge in [-0.25, -0.2) is 0 Å². The van der Waals surface area contributed by atoms with Crippen LogP contribution in [0.15, 0.2) is 0 Å². The van der Waals surface area contributed by atoms with E-state index in [9.17, 15) is 10.2 Å². The molecule has 1 fully saturated rings. The molecule has 0 aromatic carbocycles. The van der Waals surface area contributed by atoms with E-state index >= 15 is 0 Å². The first kappa shape index (κ1) is 12.9. The summed E-state index contributed by atoms with van der Waals surface area (Å²) in [6.45, 7) is 2.29. The summed E-state index contributed by atoms with van der Waals surface area (Å²) in [5, 5.41) is 22.6. The third-order valence-corrected chi connectivity index (χ3v) is 2.92.